The van der Waals surface area contributed by atoms with Gasteiger partial charge in [-0.05, 0) is 43.9 Å². The maximum Gasteiger partial charge on any atom is 0.522 e. The van der Waals surface area contributed by atoms with E-state index >= 15 is 0 Å². The number of halogens is 4. The molecule has 1 aromatic heterocycles. The first-order valence-corrected chi connectivity index (χ1v) is 11.7. The standard InChI is InChI=1S/C22H23ClF3N3O6/c23-11-1-3-16-14(7-11)15(30)8-18(33-16)19(31)27-12-2-4-17(32-9-12)21-29-28-20(34-21)10-5-13(6-10)35-22(24,25)26/h1,3,7,10,12-13,15,17-18,30H,2,4-6,8-9H2,(H,27,31)/t10?,12-,13?,15-,17+,18-/m1/s1. The van der Waals surface area contributed by atoms with Gasteiger partial charge in [0.15, 0.2) is 6.10 Å². The maximum atomic E-state index is 12.7. The first kappa shape index (κ1) is 24.3. The quantitative estimate of drug-likeness (QED) is 0.616. The molecule has 3 aliphatic rings. The molecule has 2 fully saturated rings. The van der Waals surface area contributed by atoms with E-state index in [-0.39, 0.29) is 55.5 Å². The molecule has 5 rings (SSSR count). The number of aliphatic hydroxyl groups excluding tert-OH is 1. The topological polar surface area (TPSA) is 116 Å². The van der Waals surface area contributed by atoms with Crippen molar-refractivity contribution in [2.24, 2.45) is 0 Å². The van der Waals surface area contributed by atoms with Crippen molar-refractivity contribution in [1.82, 2.24) is 15.5 Å². The summed E-state index contributed by atoms with van der Waals surface area (Å²) in [7, 11) is 0. The van der Waals surface area contributed by atoms with Crippen molar-refractivity contribution in [3.05, 3.63) is 40.6 Å². The van der Waals surface area contributed by atoms with Gasteiger partial charge in [-0.3, -0.25) is 9.53 Å². The molecule has 0 radical (unpaired) electrons. The molecule has 190 valence electrons. The fourth-order valence-electron chi connectivity index (χ4n) is 4.53. The third-order valence-electron chi connectivity index (χ3n) is 6.43. The molecular formula is C22H23ClF3N3O6. The molecule has 0 bridgehead atoms. The molecule has 2 aromatic rings. The van der Waals surface area contributed by atoms with Gasteiger partial charge in [0.25, 0.3) is 5.91 Å². The zero-order valence-corrected chi connectivity index (χ0v) is 19.1. The highest BCUT2D eigenvalue weighted by atomic mass is 35.5. The molecule has 13 heteroatoms. The molecule has 2 N–H and O–H groups in total. The van der Waals surface area contributed by atoms with Crippen LogP contribution < -0.4 is 10.1 Å². The molecule has 0 spiro atoms. The first-order valence-electron chi connectivity index (χ1n) is 11.3. The van der Waals surface area contributed by atoms with Gasteiger partial charge < -0.3 is 24.3 Å². The van der Waals surface area contributed by atoms with E-state index < -0.39 is 30.8 Å². The molecule has 1 aliphatic carbocycles. The van der Waals surface area contributed by atoms with Crippen LogP contribution in [-0.4, -0.2) is 52.4 Å². The van der Waals surface area contributed by atoms with Gasteiger partial charge in [0.1, 0.15) is 11.9 Å². The van der Waals surface area contributed by atoms with Gasteiger partial charge in [-0.15, -0.1) is 23.4 Å². The Morgan fingerprint density at radius 2 is 1.94 bits per heavy atom. The van der Waals surface area contributed by atoms with E-state index in [9.17, 15) is 23.1 Å². The number of rotatable bonds is 5. The molecule has 2 aliphatic heterocycles. The number of hydrogen-bond acceptors (Lipinski definition) is 8. The lowest BCUT2D eigenvalue weighted by molar-refractivity contribution is -0.352. The number of fused-ring (bicyclic) bond motifs is 1. The predicted molar refractivity (Wildman–Crippen MR) is 113 cm³/mol. The van der Waals surface area contributed by atoms with E-state index in [1.54, 1.807) is 18.2 Å². The fourth-order valence-corrected chi connectivity index (χ4v) is 4.71. The Labute approximate surface area is 202 Å². The smallest absolute Gasteiger partial charge is 0.480 e. The molecule has 1 saturated carbocycles. The van der Waals surface area contributed by atoms with Gasteiger partial charge in [-0.2, -0.15) is 0 Å². The minimum atomic E-state index is -4.65. The lowest BCUT2D eigenvalue weighted by Crippen LogP contribution is -2.48. The summed E-state index contributed by atoms with van der Waals surface area (Å²) in [6, 6.07) is 4.61. The lowest BCUT2D eigenvalue weighted by atomic mass is 9.82. The SMILES string of the molecule is O=C(N[C@@H]1CC[C@@H](c2nnc(C3CC(OC(F)(F)F)C3)o2)OC1)[C@H]1C[C@@H](O)c2cc(Cl)ccc2O1. The number of aromatic nitrogens is 2. The molecule has 1 aromatic carbocycles. The summed E-state index contributed by atoms with van der Waals surface area (Å²) in [6.07, 6.45) is -6.20. The van der Waals surface area contributed by atoms with Crippen molar-refractivity contribution in [3.63, 3.8) is 0 Å². The zero-order valence-electron chi connectivity index (χ0n) is 18.3. The van der Waals surface area contributed by atoms with Crippen molar-refractivity contribution >= 4 is 17.5 Å². The number of hydrogen-bond donors (Lipinski definition) is 2. The third-order valence-corrected chi connectivity index (χ3v) is 6.66. The highest BCUT2D eigenvalue weighted by Crippen LogP contribution is 2.41. The number of alkyl halides is 3. The van der Waals surface area contributed by atoms with Crippen molar-refractivity contribution in [1.29, 1.82) is 0 Å². The van der Waals surface area contributed by atoms with Gasteiger partial charge in [-0.25, -0.2) is 0 Å². The van der Waals surface area contributed by atoms with E-state index in [0.717, 1.165) is 0 Å². The number of benzene rings is 1. The van der Waals surface area contributed by atoms with Crippen molar-refractivity contribution < 1.29 is 41.7 Å². The summed E-state index contributed by atoms with van der Waals surface area (Å²) in [5.41, 5.74) is 0.551. The molecule has 0 unspecified atom stereocenters. The van der Waals surface area contributed by atoms with Crippen LogP contribution in [0.2, 0.25) is 5.02 Å². The monoisotopic (exact) mass is 517 g/mol. The van der Waals surface area contributed by atoms with Crippen molar-refractivity contribution in [2.75, 3.05) is 6.61 Å². The van der Waals surface area contributed by atoms with Gasteiger partial charge in [-0.1, -0.05) is 11.6 Å². The Balaban J connectivity index is 1.09. The fraction of sp³-hybridized carbons (Fsp3) is 0.591. The van der Waals surface area contributed by atoms with Gasteiger partial charge in [0, 0.05) is 22.9 Å². The normalized spacial score (nSPS) is 30.7. The zero-order chi connectivity index (χ0) is 24.7. The summed E-state index contributed by atoms with van der Waals surface area (Å²) in [4.78, 5) is 12.7. The second-order valence-corrected chi connectivity index (χ2v) is 9.41. The predicted octanol–water partition coefficient (Wildman–Crippen LogP) is 3.73. The van der Waals surface area contributed by atoms with Crippen LogP contribution in [0.25, 0.3) is 0 Å². The Kier molecular flexibility index (Phi) is 6.64. The number of aliphatic hydroxyl groups is 1. The Morgan fingerprint density at radius 1 is 1.17 bits per heavy atom. The second-order valence-electron chi connectivity index (χ2n) is 8.98. The Morgan fingerprint density at radius 3 is 2.66 bits per heavy atom. The van der Waals surface area contributed by atoms with E-state index in [0.29, 0.717) is 29.2 Å². The van der Waals surface area contributed by atoms with E-state index in [1.165, 1.54) is 0 Å². The Bertz CT molecular complexity index is 1070. The van der Waals surface area contributed by atoms with Gasteiger partial charge in [0.2, 0.25) is 11.8 Å². The van der Waals surface area contributed by atoms with Crippen LogP contribution in [0.5, 0.6) is 5.75 Å². The molecule has 35 heavy (non-hydrogen) atoms. The van der Waals surface area contributed by atoms with Crippen LogP contribution in [0.1, 0.15) is 67.6 Å². The van der Waals surface area contributed by atoms with Crippen molar-refractivity contribution in [2.45, 2.75) is 74.8 Å². The van der Waals surface area contributed by atoms with Gasteiger partial charge >= 0.3 is 6.36 Å². The van der Waals surface area contributed by atoms with Crippen LogP contribution in [0.15, 0.2) is 22.6 Å². The maximum absolute atomic E-state index is 12.7. The molecule has 1 amide bonds. The minimum Gasteiger partial charge on any atom is -0.480 e. The summed E-state index contributed by atoms with van der Waals surface area (Å²) < 4.78 is 58.0. The summed E-state index contributed by atoms with van der Waals surface area (Å²) in [5.74, 6) is 0.335. The third kappa shape index (κ3) is 5.55. The molecule has 3 heterocycles. The Hall–Kier alpha value is -2.41. The van der Waals surface area contributed by atoms with Crippen LogP contribution >= 0.6 is 11.6 Å². The van der Waals surface area contributed by atoms with Gasteiger partial charge in [0.05, 0.1) is 24.9 Å². The highest BCUT2D eigenvalue weighted by molar-refractivity contribution is 6.30. The minimum absolute atomic E-state index is 0.107. The average molecular weight is 518 g/mol. The number of amides is 1. The highest BCUT2D eigenvalue weighted by Gasteiger charge is 2.43. The summed E-state index contributed by atoms with van der Waals surface area (Å²) in [6.45, 7) is 0.209. The number of nitrogens with one attached hydrogen (secondary N) is 1. The molecule has 9 nitrogen and oxygen atoms in total. The number of ether oxygens (including phenoxy) is 3. The molecule has 1 saturated heterocycles. The first-order chi connectivity index (χ1) is 16.6. The number of nitrogens with zero attached hydrogens (tertiary/aromatic N) is 2. The summed E-state index contributed by atoms with van der Waals surface area (Å²) in [5, 5.41) is 21.7. The number of carbonyl (C=O) groups excluding carboxylic acids is 1. The average Bonchev–Trinajstić information content (AvgIpc) is 3.26. The summed E-state index contributed by atoms with van der Waals surface area (Å²) >= 11 is 5.96. The largest absolute Gasteiger partial charge is 0.522 e. The van der Waals surface area contributed by atoms with Crippen LogP contribution in [-0.2, 0) is 14.3 Å². The van der Waals surface area contributed by atoms with E-state index in [4.69, 9.17) is 25.5 Å². The van der Waals surface area contributed by atoms with Crippen LogP contribution in [0.4, 0.5) is 13.2 Å². The molecule has 4 atom stereocenters. The molecular weight excluding hydrogens is 495 g/mol. The van der Waals surface area contributed by atoms with E-state index in [1.807, 2.05) is 0 Å². The van der Waals surface area contributed by atoms with Crippen LogP contribution in [0.3, 0.4) is 0 Å². The lowest BCUT2D eigenvalue weighted by Gasteiger charge is -2.33. The second kappa shape index (κ2) is 9.57. The van der Waals surface area contributed by atoms with E-state index in [2.05, 4.69) is 20.3 Å². The van der Waals surface area contributed by atoms with Crippen molar-refractivity contribution in [3.8, 4) is 5.75 Å². The van der Waals surface area contributed by atoms with Crippen LogP contribution in [0, 0.1) is 0 Å². The number of carbonyl (C=O) groups is 1.